The van der Waals surface area contributed by atoms with E-state index in [1.165, 1.54) is 17.8 Å². The second kappa shape index (κ2) is 7.14. The lowest BCUT2D eigenvalue weighted by atomic mass is 10.1. The maximum Gasteiger partial charge on any atom is 0.261 e. The van der Waals surface area contributed by atoms with Crippen molar-refractivity contribution in [2.24, 2.45) is 0 Å². The maximum absolute atomic E-state index is 12.5. The van der Waals surface area contributed by atoms with E-state index in [1.54, 1.807) is 36.4 Å². The predicted octanol–water partition coefficient (Wildman–Crippen LogP) is 2.84. The summed E-state index contributed by atoms with van der Waals surface area (Å²) in [5, 5.41) is 3.13. The van der Waals surface area contributed by atoms with Crippen molar-refractivity contribution >= 4 is 50.9 Å². The molecule has 126 valence electrons. The summed E-state index contributed by atoms with van der Waals surface area (Å²) >= 11 is 2.13. The van der Waals surface area contributed by atoms with Gasteiger partial charge in [-0.3, -0.25) is 19.0 Å². The van der Waals surface area contributed by atoms with Crippen LogP contribution in [0.4, 0.5) is 5.69 Å². The lowest BCUT2D eigenvalue weighted by Crippen LogP contribution is -2.24. The summed E-state index contributed by atoms with van der Waals surface area (Å²) in [6.45, 7) is 1.33. The number of hydrogen-bond donors (Lipinski definition) is 1. The number of hydrogen-bond acceptors (Lipinski definition) is 4. The molecule has 0 aliphatic rings. The molecule has 1 aromatic heterocycles. The largest absolute Gasteiger partial charge is 0.326 e. The van der Waals surface area contributed by atoms with Crippen molar-refractivity contribution in [1.82, 2.24) is 9.55 Å². The second-order valence-corrected chi connectivity index (χ2v) is 6.77. The molecule has 3 rings (SSSR count). The van der Waals surface area contributed by atoms with Gasteiger partial charge in [-0.05, 0) is 65.1 Å². The Morgan fingerprint density at radius 2 is 1.88 bits per heavy atom. The molecular formula is C18H14IN3O3. The molecule has 1 N–H and O–H groups in total. The molecule has 0 aliphatic heterocycles. The molecule has 0 radical (unpaired) electrons. The summed E-state index contributed by atoms with van der Waals surface area (Å²) in [5.74, 6) is -0.384. The molecule has 1 heterocycles. The van der Waals surface area contributed by atoms with Crippen LogP contribution in [0.5, 0.6) is 0 Å². The van der Waals surface area contributed by atoms with E-state index < -0.39 is 0 Å². The smallest absolute Gasteiger partial charge is 0.261 e. The number of rotatable bonds is 4. The Hall–Kier alpha value is -2.55. The van der Waals surface area contributed by atoms with Crippen LogP contribution in [0.25, 0.3) is 10.9 Å². The van der Waals surface area contributed by atoms with Crippen LogP contribution in [-0.2, 0) is 11.3 Å². The minimum absolute atomic E-state index is 0.0905. The summed E-state index contributed by atoms with van der Waals surface area (Å²) in [6.07, 6.45) is 1.39. The molecule has 0 atom stereocenters. The highest BCUT2D eigenvalue weighted by atomic mass is 127. The molecule has 1 amide bonds. The number of ketones is 1. The maximum atomic E-state index is 12.5. The first-order chi connectivity index (χ1) is 11.9. The molecule has 0 saturated heterocycles. The highest BCUT2D eigenvalue weighted by Crippen LogP contribution is 2.13. The number of fused-ring (bicyclic) bond motifs is 1. The second-order valence-electron chi connectivity index (χ2n) is 5.52. The lowest BCUT2D eigenvalue weighted by molar-refractivity contribution is -0.114. The van der Waals surface area contributed by atoms with Crippen molar-refractivity contribution in [3.8, 4) is 0 Å². The zero-order valence-corrected chi connectivity index (χ0v) is 15.5. The number of amides is 1. The molecule has 0 fully saturated rings. The van der Waals surface area contributed by atoms with Crippen molar-refractivity contribution < 1.29 is 9.59 Å². The molecule has 6 nitrogen and oxygen atoms in total. The number of halogens is 1. The normalized spacial score (nSPS) is 10.6. The number of carbonyl (C=O) groups excluding carboxylic acids is 2. The van der Waals surface area contributed by atoms with Crippen LogP contribution in [0.2, 0.25) is 0 Å². The molecule has 7 heteroatoms. The molecular weight excluding hydrogens is 433 g/mol. The minimum atomic E-state index is -0.244. The Bertz CT molecular complexity index is 1030. The first-order valence-electron chi connectivity index (χ1n) is 7.49. The SMILES string of the molecule is CC(=O)Nc1ccc(C(=O)Cn2cnc3ccc(I)cc3c2=O)cc1. The van der Waals surface area contributed by atoms with Gasteiger partial charge in [0.15, 0.2) is 5.78 Å². The average molecular weight is 447 g/mol. The van der Waals surface area contributed by atoms with E-state index in [9.17, 15) is 14.4 Å². The van der Waals surface area contributed by atoms with Gasteiger partial charge in [0, 0.05) is 21.7 Å². The number of Topliss-reactive ketones (excluding diaryl/α,β-unsaturated/α-hetero) is 1. The number of aromatic nitrogens is 2. The highest BCUT2D eigenvalue weighted by Gasteiger charge is 2.11. The van der Waals surface area contributed by atoms with Gasteiger partial charge in [0.25, 0.3) is 5.56 Å². The van der Waals surface area contributed by atoms with Gasteiger partial charge in [-0.25, -0.2) is 4.98 Å². The van der Waals surface area contributed by atoms with Crippen LogP contribution in [0, 0.1) is 3.57 Å². The van der Waals surface area contributed by atoms with Gasteiger partial charge < -0.3 is 5.32 Å². The molecule has 3 aromatic rings. The molecule has 0 bridgehead atoms. The van der Waals surface area contributed by atoms with Crippen molar-refractivity contribution in [2.75, 3.05) is 5.32 Å². The Morgan fingerprint density at radius 1 is 1.16 bits per heavy atom. The predicted molar refractivity (Wildman–Crippen MR) is 104 cm³/mol. The number of nitrogens with one attached hydrogen (secondary N) is 1. The van der Waals surface area contributed by atoms with Crippen LogP contribution in [-0.4, -0.2) is 21.2 Å². The quantitative estimate of drug-likeness (QED) is 0.493. The molecule has 0 unspecified atom stereocenters. The van der Waals surface area contributed by atoms with Crippen LogP contribution in [0.15, 0.2) is 53.6 Å². The topological polar surface area (TPSA) is 81.1 Å². The summed E-state index contributed by atoms with van der Waals surface area (Å²) in [6, 6.07) is 12.0. The van der Waals surface area contributed by atoms with Crippen molar-refractivity contribution in [3.63, 3.8) is 0 Å². The van der Waals surface area contributed by atoms with E-state index in [0.29, 0.717) is 22.2 Å². The van der Waals surface area contributed by atoms with Gasteiger partial charge in [-0.2, -0.15) is 0 Å². The van der Waals surface area contributed by atoms with Crippen LogP contribution in [0.3, 0.4) is 0 Å². The van der Waals surface area contributed by atoms with E-state index >= 15 is 0 Å². The minimum Gasteiger partial charge on any atom is -0.326 e. The molecule has 0 spiro atoms. The third kappa shape index (κ3) is 3.93. The Kier molecular flexibility index (Phi) is 4.93. The molecule has 25 heavy (non-hydrogen) atoms. The van der Waals surface area contributed by atoms with Gasteiger partial charge in [-0.1, -0.05) is 0 Å². The summed E-state index contributed by atoms with van der Waals surface area (Å²) in [5.41, 5.74) is 1.44. The fourth-order valence-electron chi connectivity index (χ4n) is 2.43. The highest BCUT2D eigenvalue weighted by molar-refractivity contribution is 14.1. The van der Waals surface area contributed by atoms with E-state index in [4.69, 9.17) is 0 Å². The van der Waals surface area contributed by atoms with Crippen LogP contribution >= 0.6 is 22.6 Å². The number of benzene rings is 2. The lowest BCUT2D eigenvalue weighted by Gasteiger charge is -2.07. The van der Waals surface area contributed by atoms with Crippen molar-refractivity contribution in [1.29, 1.82) is 0 Å². The monoisotopic (exact) mass is 447 g/mol. The van der Waals surface area contributed by atoms with Crippen molar-refractivity contribution in [3.05, 3.63) is 68.3 Å². The first-order valence-corrected chi connectivity index (χ1v) is 8.57. The zero-order valence-electron chi connectivity index (χ0n) is 13.3. The zero-order chi connectivity index (χ0) is 18.0. The van der Waals surface area contributed by atoms with Crippen LogP contribution < -0.4 is 10.9 Å². The summed E-state index contributed by atoms with van der Waals surface area (Å²) in [4.78, 5) is 40.2. The van der Waals surface area contributed by atoms with Gasteiger partial charge in [0.1, 0.15) is 0 Å². The number of anilines is 1. The van der Waals surface area contributed by atoms with Gasteiger partial charge in [-0.15, -0.1) is 0 Å². The summed E-state index contributed by atoms with van der Waals surface area (Å²) in [7, 11) is 0. The molecule has 2 aromatic carbocycles. The van der Waals surface area contributed by atoms with Crippen molar-refractivity contribution in [2.45, 2.75) is 13.5 Å². The Labute approximate surface area is 157 Å². The third-order valence-electron chi connectivity index (χ3n) is 3.63. The fraction of sp³-hybridized carbons (Fsp3) is 0.111. The fourth-order valence-corrected chi connectivity index (χ4v) is 2.92. The van der Waals surface area contributed by atoms with Gasteiger partial charge >= 0.3 is 0 Å². The van der Waals surface area contributed by atoms with E-state index in [-0.39, 0.29) is 23.8 Å². The summed E-state index contributed by atoms with van der Waals surface area (Å²) < 4.78 is 2.24. The van der Waals surface area contributed by atoms with Gasteiger partial charge in [0.2, 0.25) is 5.91 Å². The Morgan fingerprint density at radius 3 is 2.56 bits per heavy atom. The molecule has 0 aliphatic carbocycles. The first kappa shape index (κ1) is 17.3. The van der Waals surface area contributed by atoms with E-state index in [0.717, 1.165) is 3.57 Å². The average Bonchev–Trinajstić information content (AvgIpc) is 2.58. The Balaban J connectivity index is 1.85. The number of nitrogens with zero attached hydrogens (tertiary/aromatic N) is 2. The van der Waals surface area contributed by atoms with Gasteiger partial charge in [0.05, 0.1) is 23.8 Å². The van der Waals surface area contributed by atoms with Crippen LogP contribution in [0.1, 0.15) is 17.3 Å². The van der Waals surface area contributed by atoms with E-state index in [1.807, 2.05) is 6.07 Å². The standard InChI is InChI=1S/C18H14IN3O3/c1-11(23)21-14-5-2-12(3-6-14)17(24)9-22-10-20-16-7-4-13(19)8-15(16)18(22)25/h2-8,10H,9H2,1H3,(H,21,23). The number of carbonyl (C=O) groups is 2. The van der Waals surface area contributed by atoms with E-state index in [2.05, 4.69) is 32.9 Å². The third-order valence-corrected chi connectivity index (χ3v) is 4.30. The molecule has 0 saturated carbocycles.